The Labute approximate surface area is 167 Å². The highest BCUT2D eigenvalue weighted by Gasteiger charge is 2.16. The number of rotatable bonds is 7. The molecule has 0 aliphatic rings. The van der Waals surface area contributed by atoms with Crippen LogP contribution >= 0.6 is 0 Å². The second-order valence-electron chi connectivity index (χ2n) is 7.58. The molecule has 0 aliphatic carbocycles. The van der Waals surface area contributed by atoms with E-state index in [0.29, 0.717) is 13.0 Å². The first-order valence-corrected chi connectivity index (χ1v) is 9.63. The minimum atomic E-state index is 0.0492. The first-order valence-electron chi connectivity index (χ1n) is 9.63. The van der Waals surface area contributed by atoms with Crippen molar-refractivity contribution in [3.05, 3.63) is 77.9 Å². The Kier molecular flexibility index (Phi) is 6.32. The molecule has 0 radical (unpaired) electrons. The molecular formula is C24H29N3O. The molecule has 4 nitrogen and oxygen atoms in total. The topological polar surface area (TPSA) is 35.6 Å². The standard InChI is InChI=1S/C24H29N3O/c1-26(2)21-14-12-19(13-15-21)23(27(3)4)17-25-24(28)16-20-10-7-9-18-8-5-6-11-22(18)20/h5-15,23H,16-17H2,1-4H3,(H,25,28)/t23-/m0/s1. The van der Waals surface area contributed by atoms with Gasteiger partial charge in [-0.3, -0.25) is 4.79 Å². The number of carbonyl (C=O) groups is 1. The number of carbonyl (C=O) groups excluding carboxylic acids is 1. The van der Waals surface area contributed by atoms with Gasteiger partial charge >= 0.3 is 0 Å². The van der Waals surface area contributed by atoms with Gasteiger partial charge in [0, 0.05) is 26.3 Å². The monoisotopic (exact) mass is 375 g/mol. The average molecular weight is 376 g/mol. The van der Waals surface area contributed by atoms with Crippen LogP contribution in [0.5, 0.6) is 0 Å². The Morgan fingerprint density at radius 3 is 2.25 bits per heavy atom. The molecule has 0 fully saturated rings. The third-order valence-electron chi connectivity index (χ3n) is 5.14. The summed E-state index contributed by atoms with van der Waals surface area (Å²) in [6.45, 7) is 0.581. The van der Waals surface area contributed by atoms with Crippen molar-refractivity contribution in [1.29, 1.82) is 0 Å². The molecule has 146 valence electrons. The highest BCUT2D eigenvalue weighted by Crippen LogP contribution is 2.22. The Morgan fingerprint density at radius 1 is 0.893 bits per heavy atom. The number of amides is 1. The van der Waals surface area contributed by atoms with E-state index in [-0.39, 0.29) is 11.9 Å². The van der Waals surface area contributed by atoms with Crippen molar-refractivity contribution >= 4 is 22.4 Å². The lowest BCUT2D eigenvalue weighted by molar-refractivity contribution is -0.120. The van der Waals surface area contributed by atoms with Gasteiger partial charge in [0.1, 0.15) is 0 Å². The Balaban J connectivity index is 1.67. The van der Waals surface area contributed by atoms with Gasteiger partial charge in [-0.15, -0.1) is 0 Å². The molecule has 3 aromatic rings. The highest BCUT2D eigenvalue weighted by atomic mass is 16.1. The van der Waals surface area contributed by atoms with Crippen LogP contribution < -0.4 is 10.2 Å². The lowest BCUT2D eigenvalue weighted by Gasteiger charge is -2.26. The maximum absolute atomic E-state index is 12.6. The fourth-order valence-corrected chi connectivity index (χ4v) is 3.49. The molecule has 28 heavy (non-hydrogen) atoms. The summed E-state index contributed by atoms with van der Waals surface area (Å²) in [5.74, 6) is 0.0492. The van der Waals surface area contributed by atoms with Crippen LogP contribution in [0.4, 0.5) is 5.69 Å². The molecule has 3 aromatic carbocycles. The molecule has 4 heteroatoms. The normalized spacial score (nSPS) is 12.2. The Hall–Kier alpha value is -2.85. The molecule has 1 amide bonds. The van der Waals surface area contributed by atoms with Gasteiger partial charge in [0.25, 0.3) is 0 Å². The number of hydrogen-bond acceptors (Lipinski definition) is 3. The average Bonchev–Trinajstić information content (AvgIpc) is 2.68. The van der Waals surface area contributed by atoms with Crippen LogP contribution in [0.1, 0.15) is 17.2 Å². The molecule has 0 heterocycles. The number of hydrogen-bond donors (Lipinski definition) is 1. The quantitative estimate of drug-likeness (QED) is 0.681. The summed E-state index contributed by atoms with van der Waals surface area (Å²) >= 11 is 0. The number of nitrogens with zero attached hydrogens (tertiary/aromatic N) is 2. The zero-order valence-corrected chi connectivity index (χ0v) is 17.1. The first kappa shape index (κ1) is 19.9. The predicted molar refractivity (Wildman–Crippen MR) is 118 cm³/mol. The number of fused-ring (bicyclic) bond motifs is 1. The van der Waals surface area contributed by atoms with Crippen molar-refractivity contribution in [3.63, 3.8) is 0 Å². The molecule has 0 bridgehead atoms. The second kappa shape index (κ2) is 8.89. The van der Waals surface area contributed by atoms with Gasteiger partial charge in [0.05, 0.1) is 12.5 Å². The van der Waals surface area contributed by atoms with Gasteiger partial charge in [0.2, 0.25) is 5.91 Å². The van der Waals surface area contributed by atoms with Gasteiger partial charge in [-0.2, -0.15) is 0 Å². The van der Waals surface area contributed by atoms with Crippen molar-refractivity contribution in [3.8, 4) is 0 Å². The molecular weight excluding hydrogens is 346 g/mol. The largest absolute Gasteiger partial charge is 0.378 e. The Bertz CT molecular complexity index is 927. The van der Waals surface area contributed by atoms with E-state index in [0.717, 1.165) is 10.9 Å². The number of nitrogens with one attached hydrogen (secondary N) is 1. The van der Waals surface area contributed by atoms with Gasteiger partial charge in [0.15, 0.2) is 0 Å². The predicted octanol–water partition coefficient (Wildman–Crippen LogP) is 3.87. The van der Waals surface area contributed by atoms with Crippen LogP contribution in [0, 0.1) is 0 Å². The number of anilines is 1. The number of likely N-dealkylation sites (N-methyl/N-ethyl adjacent to an activating group) is 1. The molecule has 0 saturated heterocycles. The molecule has 0 spiro atoms. The fraction of sp³-hybridized carbons (Fsp3) is 0.292. The van der Waals surface area contributed by atoms with E-state index in [9.17, 15) is 4.79 Å². The van der Waals surface area contributed by atoms with Crippen LogP contribution in [0.15, 0.2) is 66.7 Å². The van der Waals surface area contributed by atoms with E-state index >= 15 is 0 Å². The first-order chi connectivity index (χ1) is 13.5. The highest BCUT2D eigenvalue weighted by molar-refractivity contribution is 5.90. The van der Waals surface area contributed by atoms with Crippen LogP contribution in [-0.4, -0.2) is 45.5 Å². The van der Waals surface area contributed by atoms with E-state index in [1.165, 1.54) is 16.6 Å². The van der Waals surface area contributed by atoms with Crippen molar-refractivity contribution < 1.29 is 4.79 Å². The molecule has 0 saturated carbocycles. The van der Waals surface area contributed by atoms with Gasteiger partial charge in [-0.25, -0.2) is 0 Å². The van der Waals surface area contributed by atoms with E-state index in [4.69, 9.17) is 0 Å². The third-order valence-corrected chi connectivity index (χ3v) is 5.14. The summed E-state index contributed by atoms with van der Waals surface area (Å²) in [4.78, 5) is 16.8. The Morgan fingerprint density at radius 2 is 1.57 bits per heavy atom. The smallest absolute Gasteiger partial charge is 0.224 e. The SMILES string of the molecule is CN(C)c1ccc([C@H](CNC(=O)Cc2cccc3ccccc23)N(C)C)cc1. The van der Waals surface area contributed by atoms with Crippen LogP contribution in [0.2, 0.25) is 0 Å². The van der Waals surface area contributed by atoms with Crippen molar-refractivity contribution in [2.24, 2.45) is 0 Å². The van der Waals surface area contributed by atoms with Gasteiger partial charge in [-0.1, -0.05) is 54.6 Å². The summed E-state index contributed by atoms with van der Waals surface area (Å²) < 4.78 is 0. The van der Waals surface area contributed by atoms with Gasteiger partial charge in [-0.05, 0) is 48.1 Å². The van der Waals surface area contributed by atoms with Crippen molar-refractivity contribution in [2.45, 2.75) is 12.5 Å². The molecule has 0 aromatic heterocycles. The minimum Gasteiger partial charge on any atom is -0.378 e. The van der Waals surface area contributed by atoms with Crippen LogP contribution in [-0.2, 0) is 11.2 Å². The lowest BCUT2D eigenvalue weighted by atomic mass is 10.0. The third kappa shape index (κ3) is 4.70. The number of benzene rings is 3. The second-order valence-corrected chi connectivity index (χ2v) is 7.58. The molecule has 0 unspecified atom stereocenters. The van der Waals surface area contributed by atoms with E-state index in [2.05, 4.69) is 57.6 Å². The van der Waals surface area contributed by atoms with E-state index < -0.39 is 0 Å². The summed E-state index contributed by atoms with van der Waals surface area (Å²) in [6.07, 6.45) is 0.390. The van der Waals surface area contributed by atoms with E-state index in [1.54, 1.807) is 0 Å². The summed E-state index contributed by atoms with van der Waals surface area (Å²) in [5.41, 5.74) is 3.43. The zero-order valence-electron chi connectivity index (χ0n) is 17.1. The van der Waals surface area contributed by atoms with Crippen molar-refractivity contribution in [1.82, 2.24) is 10.2 Å². The van der Waals surface area contributed by atoms with Crippen LogP contribution in [0.3, 0.4) is 0 Å². The van der Waals surface area contributed by atoms with Crippen LogP contribution in [0.25, 0.3) is 10.8 Å². The zero-order chi connectivity index (χ0) is 20.1. The van der Waals surface area contributed by atoms with E-state index in [1.807, 2.05) is 52.5 Å². The minimum absolute atomic E-state index is 0.0492. The summed E-state index contributed by atoms with van der Waals surface area (Å²) in [6, 6.07) is 23.0. The maximum Gasteiger partial charge on any atom is 0.224 e. The summed E-state index contributed by atoms with van der Waals surface area (Å²) in [5, 5.41) is 5.43. The molecule has 3 rings (SSSR count). The van der Waals surface area contributed by atoms with Gasteiger partial charge < -0.3 is 15.1 Å². The van der Waals surface area contributed by atoms with Crippen molar-refractivity contribution in [2.75, 3.05) is 39.6 Å². The maximum atomic E-state index is 12.6. The summed E-state index contributed by atoms with van der Waals surface area (Å²) in [7, 11) is 8.15. The lowest BCUT2D eigenvalue weighted by Crippen LogP contribution is -2.35. The molecule has 0 aliphatic heterocycles. The molecule has 1 atom stereocenters. The fourth-order valence-electron chi connectivity index (χ4n) is 3.49. The molecule has 1 N–H and O–H groups in total.